The first kappa shape index (κ1) is 16.4. The number of benzene rings is 1. The molecule has 2 N–H and O–H groups in total. The Balaban J connectivity index is 1.90. The zero-order valence-corrected chi connectivity index (χ0v) is 14.2. The highest BCUT2D eigenvalue weighted by Crippen LogP contribution is 2.23. The van der Waals surface area contributed by atoms with Crippen molar-refractivity contribution in [2.24, 2.45) is 0 Å². The SMILES string of the molecule is CN(C)CCNc1nc(Nc2ccc(Cl)cc2)c2nccnc2n1. The third-order valence-corrected chi connectivity index (χ3v) is 3.53. The van der Waals surface area contributed by atoms with Crippen LogP contribution in [-0.2, 0) is 0 Å². The van der Waals surface area contributed by atoms with E-state index in [0.717, 1.165) is 18.8 Å². The average Bonchev–Trinajstić information content (AvgIpc) is 2.57. The molecule has 1 aromatic carbocycles. The molecule has 24 heavy (non-hydrogen) atoms. The molecule has 124 valence electrons. The minimum absolute atomic E-state index is 0.515. The van der Waals surface area contributed by atoms with Crippen LogP contribution in [0.3, 0.4) is 0 Å². The zero-order chi connectivity index (χ0) is 16.9. The Bertz CT molecular complexity index is 820. The second-order valence-corrected chi connectivity index (χ2v) is 5.92. The fraction of sp³-hybridized carbons (Fsp3) is 0.250. The van der Waals surface area contributed by atoms with Crippen molar-refractivity contribution in [3.05, 3.63) is 41.7 Å². The topological polar surface area (TPSA) is 78.9 Å². The van der Waals surface area contributed by atoms with Gasteiger partial charge in [-0.25, -0.2) is 9.97 Å². The van der Waals surface area contributed by atoms with Gasteiger partial charge in [0.15, 0.2) is 17.0 Å². The van der Waals surface area contributed by atoms with Gasteiger partial charge in [-0.3, -0.25) is 0 Å². The zero-order valence-electron chi connectivity index (χ0n) is 13.5. The maximum atomic E-state index is 5.93. The lowest BCUT2D eigenvalue weighted by Gasteiger charge is -2.12. The minimum Gasteiger partial charge on any atom is -0.353 e. The first-order valence-corrected chi connectivity index (χ1v) is 7.89. The van der Waals surface area contributed by atoms with Crippen LogP contribution in [0.4, 0.5) is 17.5 Å². The fourth-order valence-electron chi connectivity index (χ4n) is 2.09. The molecule has 0 aliphatic carbocycles. The quantitative estimate of drug-likeness (QED) is 0.712. The molecule has 0 unspecified atom stereocenters. The van der Waals surface area contributed by atoms with Gasteiger partial charge in [-0.1, -0.05) is 11.6 Å². The van der Waals surface area contributed by atoms with Crippen LogP contribution in [0.15, 0.2) is 36.7 Å². The highest BCUT2D eigenvalue weighted by atomic mass is 35.5. The molecule has 0 saturated carbocycles. The summed E-state index contributed by atoms with van der Waals surface area (Å²) in [5.74, 6) is 1.11. The van der Waals surface area contributed by atoms with Crippen molar-refractivity contribution in [3.63, 3.8) is 0 Å². The highest BCUT2D eigenvalue weighted by Gasteiger charge is 2.10. The molecule has 3 rings (SSSR count). The number of anilines is 3. The first-order chi connectivity index (χ1) is 11.6. The third kappa shape index (κ3) is 4.06. The van der Waals surface area contributed by atoms with E-state index in [1.54, 1.807) is 12.4 Å². The van der Waals surface area contributed by atoms with Crippen molar-refractivity contribution in [2.75, 3.05) is 37.8 Å². The number of likely N-dealkylation sites (N-methyl/N-ethyl adjacent to an activating group) is 1. The summed E-state index contributed by atoms with van der Waals surface area (Å²) >= 11 is 5.93. The predicted molar refractivity (Wildman–Crippen MR) is 96.9 cm³/mol. The van der Waals surface area contributed by atoms with Crippen LogP contribution in [-0.4, -0.2) is 52.0 Å². The molecule has 3 aromatic rings. The Morgan fingerprint density at radius 3 is 2.54 bits per heavy atom. The van der Waals surface area contributed by atoms with Gasteiger partial charge in [-0.15, -0.1) is 0 Å². The van der Waals surface area contributed by atoms with Gasteiger partial charge in [-0.2, -0.15) is 9.97 Å². The third-order valence-electron chi connectivity index (χ3n) is 3.28. The van der Waals surface area contributed by atoms with Crippen LogP contribution < -0.4 is 10.6 Å². The molecule has 0 saturated heterocycles. The second-order valence-electron chi connectivity index (χ2n) is 5.49. The molecule has 0 atom stereocenters. The maximum absolute atomic E-state index is 5.93. The molecule has 2 heterocycles. The Morgan fingerprint density at radius 2 is 1.79 bits per heavy atom. The monoisotopic (exact) mass is 343 g/mol. The number of rotatable bonds is 6. The van der Waals surface area contributed by atoms with Gasteiger partial charge in [-0.05, 0) is 38.4 Å². The molecule has 0 spiro atoms. The normalized spacial score (nSPS) is 11.0. The number of halogens is 1. The van der Waals surface area contributed by atoms with E-state index in [1.807, 2.05) is 38.4 Å². The number of aromatic nitrogens is 4. The molecular formula is C16H18ClN7. The van der Waals surface area contributed by atoms with Gasteiger partial charge in [0.2, 0.25) is 5.95 Å². The van der Waals surface area contributed by atoms with Crippen molar-refractivity contribution in [2.45, 2.75) is 0 Å². The summed E-state index contributed by atoms with van der Waals surface area (Å²) in [6.07, 6.45) is 3.24. The lowest BCUT2D eigenvalue weighted by molar-refractivity contribution is 0.425. The van der Waals surface area contributed by atoms with Crippen molar-refractivity contribution in [1.82, 2.24) is 24.8 Å². The summed E-state index contributed by atoms with van der Waals surface area (Å²) in [6, 6.07) is 7.39. The number of hydrogen-bond donors (Lipinski definition) is 2. The molecule has 0 bridgehead atoms. The number of nitrogens with one attached hydrogen (secondary N) is 2. The molecular weight excluding hydrogens is 326 g/mol. The van der Waals surface area contributed by atoms with Gasteiger partial charge in [0.05, 0.1) is 0 Å². The molecule has 0 aliphatic rings. The number of nitrogens with zero attached hydrogens (tertiary/aromatic N) is 5. The Morgan fingerprint density at radius 1 is 1.04 bits per heavy atom. The van der Waals surface area contributed by atoms with Crippen molar-refractivity contribution >= 4 is 40.2 Å². The van der Waals surface area contributed by atoms with Gasteiger partial charge < -0.3 is 15.5 Å². The summed E-state index contributed by atoms with van der Waals surface area (Å²) < 4.78 is 0. The van der Waals surface area contributed by atoms with Crippen LogP contribution in [0, 0.1) is 0 Å². The van der Waals surface area contributed by atoms with E-state index in [4.69, 9.17) is 11.6 Å². The van der Waals surface area contributed by atoms with Crippen LogP contribution >= 0.6 is 11.6 Å². The Hall–Kier alpha value is -2.51. The molecule has 0 radical (unpaired) electrons. The summed E-state index contributed by atoms with van der Waals surface area (Å²) in [7, 11) is 4.03. The Kier molecular flexibility index (Phi) is 5.02. The molecule has 2 aromatic heterocycles. The predicted octanol–water partition coefficient (Wildman–Crippen LogP) is 2.79. The number of fused-ring (bicyclic) bond motifs is 1. The van der Waals surface area contributed by atoms with Gasteiger partial charge in [0.1, 0.15) is 0 Å². The van der Waals surface area contributed by atoms with Crippen molar-refractivity contribution < 1.29 is 0 Å². The van der Waals surface area contributed by atoms with Crippen molar-refractivity contribution in [3.8, 4) is 0 Å². The minimum atomic E-state index is 0.515. The van der Waals surface area contributed by atoms with Crippen LogP contribution in [0.1, 0.15) is 0 Å². The lowest BCUT2D eigenvalue weighted by Crippen LogP contribution is -2.21. The molecule has 8 heteroatoms. The molecule has 0 fully saturated rings. The maximum Gasteiger partial charge on any atom is 0.226 e. The van der Waals surface area contributed by atoms with Crippen LogP contribution in [0.5, 0.6) is 0 Å². The van der Waals surface area contributed by atoms with Crippen LogP contribution in [0.25, 0.3) is 11.2 Å². The fourth-order valence-corrected chi connectivity index (χ4v) is 2.22. The van der Waals surface area contributed by atoms with E-state index in [9.17, 15) is 0 Å². The van der Waals surface area contributed by atoms with E-state index in [0.29, 0.717) is 28.0 Å². The van der Waals surface area contributed by atoms with E-state index >= 15 is 0 Å². The molecule has 0 aliphatic heterocycles. The highest BCUT2D eigenvalue weighted by molar-refractivity contribution is 6.30. The van der Waals surface area contributed by atoms with Gasteiger partial charge in [0.25, 0.3) is 0 Å². The van der Waals surface area contributed by atoms with Crippen molar-refractivity contribution in [1.29, 1.82) is 0 Å². The van der Waals surface area contributed by atoms with E-state index in [2.05, 4.69) is 35.5 Å². The summed E-state index contributed by atoms with van der Waals surface area (Å²) in [5.41, 5.74) is 2.02. The number of hydrogen-bond acceptors (Lipinski definition) is 7. The largest absolute Gasteiger partial charge is 0.353 e. The van der Waals surface area contributed by atoms with Gasteiger partial charge in [0, 0.05) is 36.2 Å². The standard InChI is InChI=1S/C16H18ClN7/c1-24(2)10-9-20-16-22-14-13(18-7-8-19-14)15(23-16)21-12-5-3-11(17)4-6-12/h3-8H,9-10H2,1-2H3,(H2,19,20,21,22,23). The smallest absolute Gasteiger partial charge is 0.226 e. The lowest BCUT2D eigenvalue weighted by atomic mass is 10.3. The van der Waals surface area contributed by atoms with E-state index < -0.39 is 0 Å². The molecule has 0 amide bonds. The second kappa shape index (κ2) is 7.37. The Labute approximate surface area is 145 Å². The summed E-state index contributed by atoms with van der Waals surface area (Å²) in [4.78, 5) is 19.6. The summed E-state index contributed by atoms with van der Waals surface area (Å²) in [5, 5.41) is 7.14. The van der Waals surface area contributed by atoms with Gasteiger partial charge >= 0.3 is 0 Å². The van der Waals surface area contributed by atoms with E-state index in [1.165, 1.54) is 0 Å². The average molecular weight is 344 g/mol. The first-order valence-electron chi connectivity index (χ1n) is 7.52. The molecule has 7 nitrogen and oxygen atoms in total. The summed E-state index contributed by atoms with van der Waals surface area (Å²) in [6.45, 7) is 1.61. The van der Waals surface area contributed by atoms with E-state index in [-0.39, 0.29) is 0 Å². The van der Waals surface area contributed by atoms with Crippen LogP contribution in [0.2, 0.25) is 5.02 Å².